The normalized spacial score (nSPS) is 32.5. The van der Waals surface area contributed by atoms with E-state index in [9.17, 15) is 19.9 Å². The minimum absolute atomic E-state index is 0.110. The van der Waals surface area contributed by atoms with Gasteiger partial charge in [0, 0.05) is 13.7 Å². The van der Waals surface area contributed by atoms with Gasteiger partial charge in [-0.3, -0.25) is 0 Å². The van der Waals surface area contributed by atoms with Gasteiger partial charge in [-0.15, -0.1) is 4.91 Å². The van der Waals surface area contributed by atoms with Crippen LogP contribution in [0.25, 0.3) is 0 Å². The van der Waals surface area contributed by atoms with Gasteiger partial charge in [0.05, 0.1) is 11.9 Å². The van der Waals surface area contributed by atoms with Gasteiger partial charge in [-0.2, -0.15) is 5.01 Å². The smallest absolute Gasteiger partial charge is 0.340 e. The summed E-state index contributed by atoms with van der Waals surface area (Å²) in [7, 11) is 1.28. The molecule has 0 aromatic heterocycles. The Morgan fingerprint density at radius 1 is 1.43 bits per heavy atom. The molecule has 5 atom stereocenters. The van der Waals surface area contributed by atoms with E-state index >= 15 is 0 Å². The van der Waals surface area contributed by atoms with Gasteiger partial charge in [-0.1, -0.05) is 6.92 Å². The first-order valence-electron chi connectivity index (χ1n) is 6.56. The predicted octanol–water partition coefficient (Wildman–Crippen LogP) is -1.46. The van der Waals surface area contributed by atoms with Crippen LogP contribution in [0.3, 0.4) is 0 Å². The van der Waals surface area contributed by atoms with Crippen molar-refractivity contribution in [3.8, 4) is 0 Å². The molecule has 0 aromatic carbocycles. The summed E-state index contributed by atoms with van der Waals surface area (Å²) in [4.78, 5) is 22.4. The van der Waals surface area contributed by atoms with E-state index < -0.39 is 43.3 Å². The fraction of sp³-hybridized carbons (Fsp3) is 0.909. The Labute approximate surface area is 121 Å². The number of methoxy groups -OCH3 is 1. The van der Waals surface area contributed by atoms with Crippen LogP contribution in [0.1, 0.15) is 13.3 Å². The number of hydrogen-bond donors (Lipinski definition) is 4. The van der Waals surface area contributed by atoms with E-state index in [-0.39, 0.29) is 6.54 Å². The summed E-state index contributed by atoms with van der Waals surface area (Å²) in [5.41, 5.74) is 0. The summed E-state index contributed by atoms with van der Waals surface area (Å²) in [6, 6.07) is -1.95. The second-order valence-electron chi connectivity index (χ2n) is 4.62. The highest BCUT2D eigenvalue weighted by Crippen LogP contribution is 2.21. The molecule has 1 heterocycles. The molecule has 0 aliphatic carbocycles. The van der Waals surface area contributed by atoms with Crippen molar-refractivity contribution in [2.24, 2.45) is 5.29 Å². The number of aliphatic hydroxyl groups is 3. The van der Waals surface area contributed by atoms with Crippen molar-refractivity contribution < 1.29 is 29.6 Å². The number of rotatable bonds is 6. The van der Waals surface area contributed by atoms with E-state index in [1.54, 1.807) is 6.92 Å². The molecule has 10 nitrogen and oxygen atoms in total. The maximum Gasteiger partial charge on any atom is 0.340 e. The third kappa shape index (κ3) is 4.08. The maximum absolute atomic E-state index is 11.9. The van der Waals surface area contributed by atoms with Gasteiger partial charge < -0.3 is 30.1 Å². The van der Waals surface area contributed by atoms with Crippen molar-refractivity contribution in [2.45, 2.75) is 44.0 Å². The van der Waals surface area contributed by atoms with Gasteiger partial charge in [0.2, 0.25) is 0 Å². The quantitative estimate of drug-likeness (QED) is 0.347. The lowest BCUT2D eigenvalue weighted by atomic mass is 9.97. The van der Waals surface area contributed by atoms with Gasteiger partial charge in [-0.25, -0.2) is 4.79 Å². The van der Waals surface area contributed by atoms with Crippen molar-refractivity contribution in [1.29, 1.82) is 0 Å². The molecule has 1 aliphatic rings. The first-order chi connectivity index (χ1) is 9.99. The Hall–Kier alpha value is -1.33. The van der Waals surface area contributed by atoms with Crippen LogP contribution < -0.4 is 5.32 Å². The molecule has 1 fully saturated rings. The van der Waals surface area contributed by atoms with E-state index in [2.05, 4.69) is 10.6 Å². The molecule has 0 bridgehead atoms. The number of nitroso groups, excluding NO2 is 1. The molecule has 2 amide bonds. The maximum atomic E-state index is 11.9. The summed E-state index contributed by atoms with van der Waals surface area (Å²) < 4.78 is 10.2. The minimum Gasteiger partial charge on any atom is -0.394 e. The Bertz CT molecular complexity index is 355. The van der Waals surface area contributed by atoms with Crippen molar-refractivity contribution in [1.82, 2.24) is 10.3 Å². The minimum atomic E-state index is -1.43. The number of nitrogens with zero attached hydrogens (tertiary/aromatic N) is 2. The Kier molecular flexibility index (Phi) is 6.92. The topological polar surface area (TPSA) is 141 Å². The highest BCUT2D eigenvalue weighted by Gasteiger charge is 2.45. The number of hydrogen-bond acceptors (Lipinski definition) is 8. The van der Waals surface area contributed by atoms with E-state index in [1.165, 1.54) is 7.11 Å². The van der Waals surface area contributed by atoms with Gasteiger partial charge in [0.15, 0.2) is 6.29 Å². The van der Waals surface area contributed by atoms with Crippen LogP contribution in [0.4, 0.5) is 4.79 Å². The molecule has 0 radical (unpaired) electrons. The number of amides is 2. The van der Waals surface area contributed by atoms with E-state index in [0.717, 1.165) is 0 Å². The predicted molar refractivity (Wildman–Crippen MR) is 69.9 cm³/mol. The zero-order chi connectivity index (χ0) is 16.0. The third-order valence-electron chi connectivity index (χ3n) is 3.17. The molecule has 0 spiro atoms. The zero-order valence-corrected chi connectivity index (χ0v) is 11.9. The molecule has 10 heteroatoms. The Balaban J connectivity index is 2.79. The summed E-state index contributed by atoms with van der Waals surface area (Å²) in [5.74, 6) is 0. The van der Waals surface area contributed by atoms with Gasteiger partial charge in [0.25, 0.3) is 0 Å². The first kappa shape index (κ1) is 17.7. The second-order valence-corrected chi connectivity index (χ2v) is 4.62. The molecule has 122 valence electrons. The Morgan fingerprint density at radius 2 is 2.10 bits per heavy atom. The highest BCUT2D eigenvalue weighted by atomic mass is 16.7. The van der Waals surface area contributed by atoms with E-state index in [4.69, 9.17) is 14.6 Å². The standard InChI is InChI=1S/C11H21N3O7/c1-3-4-14(13-19)11(18)12-7-9(17)8(16)6(5-15)21-10(7)20-2/h6-10,15-17H,3-5H2,1-2H3,(H,12,18)/t6-,7-,8-,9-,10-/m1/s1. The summed E-state index contributed by atoms with van der Waals surface area (Å²) in [5, 5.41) is 34.4. The van der Waals surface area contributed by atoms with Gasteiger partial charge in [-0.05, 0) is 6.42 Å². The molecule has 4 N–H and O–H groups in total. The lowest BCUT2D eigenvalue weighted by Gasteiger charge is -2.41. The fourth-order valence-corrected chi connectivity index (χ4v) is 2.05. The average Bonchev–Trinajstić information content (AvgIpc) is 2.49. The third-order valence-corrected chi connectivity index (χ3v) is 3.17. The fourth-order valence-electron chi connectivity index (χ4n) is 2.05. The van der Waals surface area contributed by atoms with Crippen LogP contribution in [0.2, 0.25) is 0 Å². The number of carbonyl (C=O) groups is 1. The van der Waals surface area contributed by atoms with Crippen molar-refractivity contribution >= 4 is 6.03 Å². The number of aliphatic hydroxyl groups excluding tert-OH is 3. The second kappa shape index (κ2) is 8.20. The molecule has 1 saturated heterocycles. The molecule has 1 rings (SSSR count). The Morgan fingerprint density at radius 3 is 2.57 bits per heavy atom. The van der Waals surface area contributed by atoms with E-state index in [1.807, 2.05) is 0 Å². The number of ether oxygens (including phenoxy) is 2. The molecular weight excluding hydrogens is 286 g/mol. The van der Waals surface area contributed by atoms with Gasteiger partial charge in [0.1, 0.15) is 24.4 Å². The van der Waals surface area contributed by atoms with Crippen LogP contribution in [0, 0.1) is 4.91 Å². The molecule has 0 unspecified atom stereocenters. The largest absolute Gasteiger partial charge is 0.394 e. The number of nitrogens with one attached hydrogen (secondary N) is 1. The van der Waals surface area contributed by atoms with Crippen LogP contribution in [-0.2, 0) is 9.47 Å². The average molecular weight is 307 g/mol. The lowest BCUT2D eigenvalue weighted by Crippen LogP contribution is -2.65. The molecule has 0 saturated carbocycles. The van der Waals surface area contributed by atoms with Crippen LogP contribution >= 0.6 is 0 Å². The van der Waals surface area contributed by atoms with Gasteiger partial charge >= 0.3 is 6.03 Å². The van der Waals surface area contributed by atoms with Crippen LogP contribution in [-0.4, -0.2) is 77.3 Å². The van der Waals surface area contributed by atoms with Crippen molar-refractivity contribution in [3.05, 3.63) is 4.91 Å². The summed E-state index contributed by atoms with van der Waals surface area (Å²) in [6.45, 7) is 1.35. The summed E-state index contributed by atoms with van der Waals surface area (Å²) in [6.07, 6.45) is -4.43. The zero-order valence-electron chi connectivity index (χ0n) is 11.9. The highest BCUT2D eigenvalue weighted by molar-refractivity contribution is 5.74. The van der Waals surface area contributed by atoms with Crippen LogP contribution in [0.15, 0.2) is 5.29 Å². The van der Waals surface area contributed by atoms with E-state index in [0.29, 0.717) is 11.4 Å². The monoisotopic (exact) mass is 307 g/mol. The lowest BCUT2D eigenvalue weighted by molar-refractivity contribution is -0.261. The molecule has 0 aromatic rings. The van der Waals surface area contributed by atoms with Crippen molar-refractivity contribution in [3.63, 3.8) is 0 Å². The summed E-state index contributed by atoms with van der Waals surface area (Å²) >= 11 is 0. The first-order valence-corrected chi connectivity index (χ1v) is 6.56. The number of urea groups is 1. The molecule has 21 heavy (non-hydrogen) atoms. The molecule has 1 aliphatic heterocycles. The SMILES string of the molecule is CCCN(N=O)C(=O)N[C@H]1[C@H](OC)O[C@H](CO)[C@@H](O)[C@@H]1O. The number of carbonyl (C=O) groups excluding carboxylic acids is 1. The molecular formula is C11H21N3O7. The van der Waals surface area contributed by atoms with Crippen molar-refractivity contribution in [2.75, 3.05) is 20.3 Å². The van der Waals surface area contributed by atoms with Crippen LogP contribution in [0.5, 0.6) is 0 Å².